The smallest absolute Gasteiger partial charge is 0.246 e. The number of hydrogen-bond acceptors (Lipinski definition) is 4. The summed E-state index contributed by atoms with van der Waals surface area (Å²) in [7, 11) is 1.58. The summed E-state index contributed by atoms with van der Waals surface area (Å²) in [5.41, 5.74) is -1.89. The third-order valence-corrected chi connectivity index (χ3v) is 7.40. The Morgan fingerprint density at radius 1 is 1.11 bits per heavy atom. The molecule has 2 aliphatic carbocycles. The van der Waals surface area contributed by atoms with Gasteiger partial charge in [0.25, 0.3) is 0 Å². The molecule has 152 valence electrons. The maximum atomic E-state index is 13.5. The molecule has 5 atom stereocenters. The van der Waals surface area contributed by atoms with Gasteiger partial charge in [-0.15, -0.1) is 0 Å². The number of ether oxygens (including phenoxy) is 1. The molecule has 4 fully saturated rings. The van der Waals surface area contributed by atoms with E-state index in [1.807, 2.05) is 19.1 Å². The van der Waals surface area contributed by atoms with Crippen LogP contribution in [-0.2, 0) is 19.1 Å². The van der Waals surface area contributed by atoms with Crippen molar-refractivity contribution in [1.82, 2.24) is 15.5 Å². The molecule has 3 aliphatic heterocycles. The Labute approximate surface area is 165 Å². The summed E-state index contributed by atoms with van der Waals surface area (Å²) >= 11 is 0. The predicted molar refractivity (Wildman–Crippen MR) is 101 cm³/mol. The molecule has 5 aliphatic rings. The van der Waals surface area contributed by atoms with Crippen molar-refractivity contribution in [3.05, 3.63) is 12.2 Å². The highest BCUT2D eigenvalue weighted by atomic mass is 16.5. The van der Waals surface area contributed by atoms with E-state index in [4.69, 9.17) is 4.74 Å². The minimum atomic E-state index is -1.04. The van der Waals surface area contributed by atoms with Crippen molar-refractivity contribution in [3.63, 3.8) is 0 Å². The maximum Gasteiger partial charge on any atom is 0.246 e. The summed E-state index contributed by atoms with van der Waals surface area (Å²) in [6.07, 6.45) is 11.0. The van der Waals surface area contributed by atoms with Gasteiger partial charge >= 0.3 is 0 Å². The van der Waals surface area contributed by atoms with Gasteiger partial charge in [0.05, 0.1) is 17.4 Å². The van der Waals surface area contributed by atoms with E-state index in [1.54, 1.807) is 11.9 Å². The fraction of sp³-hybridized carbons (Fsp3) is 0.762. The van der Waals surface area contributed by atoms with Gasteiger partial charge in [0, 0.05) is 19.1 Å². The summed E-state index contributed by atoms with van der Waals surface area (Å²) in [6.45, 7) is 1.85. The van der Waals surface area contributed by atoms with E-state index < -0.39 is 29.1 Å². The van der Waals surface area contributed by atoms with Crippen LogP contribution in [0.1, 0.15) is 51.9 Å². The maximum absolute atomic E-state index is 13.5. The summed E-state index contributed by atoms with van der Waals surface area (Å²) in [6, 6.07) is -0.434. The SMILES string of the molecule is CNC(=O)[C@H]1[C@@H]2C(=O)N(C3CC3)[C@@H](C(=O)NC3CCCCC3)[C@]23C=C[C@@]1(C)O3. The second-order valence-corrected chi connectivity index (χ2v) is 9.27. The van der Waals surface area contributed by atoms with Crippen LogP contribution < -0.4 is 10.6 Å². The second-order valence-electron chi connectivity index (χ2n) is 9.27. The van der Waals surface area contributed by atoms with Gasteiger partial charge in [-0.05, 0) is 32.6 Å². The zero-order chi connectivity index (χ0) is 19.7. The zero-order valence-corrected chi connectivity index (χ0v) is 16.6. The first-order chi connectivity index (χ1) is 13.4. The number of fused-ring (bicyclic) bond motifs is 1. The molecule has 3 heterocycles. The molecule has 0 aromatic rings. The van der Waals surface area contributed by atoms with Crippen molar-refractivity contribution >= 4 is 17.7 Å². The Bertz CT molecular complexity index is 757. The topological polar surface area (TPSA) is 87.7 Å². The number of carbonyl (C=O) groups excluding carboxylic acids is 3. The van der Waals surface area contributed by atoms with Crippen LogP contribution in [-0.4, -0.2) is 59.0 Å². The van der Waals surface area contributed by atoms with Crippen molar-refractivity contribution < 1.29 is 19.1 Å². The van der Waals surface area contributed by atoms with Gasteiger partial charge in [-0.3, -0.25) is 14.4 Å². The summed E-state index contributed by atoms with van der Waals surface area (Å²) in [4.78, 5) is 41.4. The first-order valence-corrected chi connectivity index (χ1v) is 10.7. The van der Waals surface area contributed by atoms with Gasteiger partial charge in [-0.25, -0.2) is 0 Å². The number of nitrogens with zero attached hydrogens (tertiary/aromatic N) is 1. The fourth-order valence-corrected chi connectivity index (χ4v) is 6.00. The first kappa shape index (κ1) is 18.2. The van der Waals surface area contributed by atoms with Gasteiger partial charge in [0.15, 0.2) is 0 Å². The Kier molecular flexibility index (Phi) is 3.92. The molecule has 2 saturated heterocycles. The van der Waals surface area contributed by atoms with Crippen LogP contribution in [0.15, 0.2) is 12.2 Å². The fourth-order valence-electron chi connectivity index (χ4n) is 6.00. The van der Waals surface area contributed by atoms with E-state index in [0.29, 0.717) is 0 Å². The molecule has 2 saturated carbocycles. The molecule has 0 unspecified atom stereocenters. The van der Waals surface area contributed by atoms with Crippen LogP contribution in [0.3, 0.4) is 0 Å². The standard InChI is InChI=1S/C21H29N3O4/c1-20-10-11-21(28-20)15(14(20)17(25)22-2)19(27)24(13-8-9-13)16(21)18(26)23-12-6-4-3-5-7-12/h10-16H,3-9H2,1-2H3,(H,22,25)(H,23,26)/t14-,15-,16+,20-,21+/m1/s1. The minimum Gasteiger partial charge on any atom is -0.359 e. The highest BCUT2D eigenvalue weighted by molar-refractivity contribution is 6.00. The van der Waals surface area contributed by atoms with Crippen LogP contribution in [0.4, 0.5) is 0 Å². The molecule has 0 radical (unpaired) electrons. The quantitative estimate of drug-likeness (QED) is 0.701. The van der Waals surface area contributed by atoms with E-state index in [9.17, 15) is 14.4 Å². The van der Waals surface area contributed by atoms with Crippen LogP contribution in [0.25, 0.3) is 0 Å². The van der Waals surface area contributed by atoms with Gasteiger partial charge in [0.2, 0.25) is 17.7 Å². The van der Waals surface area contributed by atoms with Crippen LogP contribution in [0, 0.1) is 11.8 Å². The number of hydrogen-bond donors (Lipinski definition) is 2. The molecule has 2 N–H and O–H groups in total. The highest BCUT2D eigenvalue weighted by Gasteiger charge is 2.77. The molecular weight excluding hydrogens is 358 g/mol. The molecule has 1 spiro atoms. The first-order valence-electron chi connectivity index (χ1n) is 10.7. The molecular formula is C21H29N3O4. The number of carbonyl (C=O) groups is 3. The lowest BCUT2D eigenvalue weighted by Crippen LogP contribution is -2.57. The zero-order valence-electron chi connectivity index (χ0n) is 16.6. The molecule has 0 aromatic carbocycles. The largest absolute Gasteiger partial charge is 0.359 e. The monoisotopic (exact) mass is 387 g/mol. The average Bonchev–Trinajstić information content (AvgIpc) is 3.35. The number of likely N-dealkylation sites (tertiary alicyclic amines) is 1. The van der Waals surface area contributed by atoms with E-state index in [0.717, 1.165) is 38.5 Å². The highest BCUT2D eigenvalue weighted by Crippen LogP contribution is 2.60. The Balaban J connectivity index is 1.51. The van der Waals surface area contributed by atoms with E-state index in [2.05, 4.69) is 10.6 Å². The van der Waals surface area contributed by atoms with Gasteiger partial charge in [0.1, 0.15) is 11.6 Å². The predicted octanol–water partition coefficient (Wildman–Crippen LogP) is 0.884. The number of amides is 3. The van der Waals surface area contributed by atoms with Crippen molar-refractivity contribution in [1.29, 1.82) is 0 Å². The van der Waals surface area contributed by atoms with E-state index in [-0.39, 0.29) is 29.8 Å². The van der Waals surface area contributed by atoms with E-state index in [1.165, 1.54) is 6.42 Å². The Morgan fingerprint density at radius 3 is 2.46 bits per heavy atom. The molecule has 7 heteroatoms. The van der Waals surface area contributed by atoms with Gasteiger partial charge < -0.3 is 20.3 Å². The lowest BCUT2D eigenvalue weighted by molar-refractivity contribution is -0.145. The number of nitrogens with one attached hydrogen (secondary N) is 2. The van der Waals surface area contributed by atoms with Crippen LogP contribution >= 0.6 is 0 Å². The third kappa shape index (κ3) is 2.34. The lowest BCUT2D eigenvalue weighted by atomic mass is 9.70. The van der Waals surface area contributed by atoms with Crippen molar-refractivity contribution in [2.45, 2.75) is 81.2 Å². The van der Waals surface area contributed by atoms with Crippen LogP contribution in [0.5, 0.6) is 0 Å². The lowest BCUT2D eigenvalue weighted by Gasteiger charge is -2.34. The van der Waals surface area contributed by atoms with Crippen molar-refractivity contribution in [2.75, 3.05) is 7.05 Å². The van der Waals surface area contributed by atoms with Crippen molar-refractivity contribution in [2.24, 2.45) is 11.8 Å². The average molecular weight is 387 g/mol. The van der Waals surface area contributed by atoms with Crippen molar-refractivity contribution in [3.8, 4) is 0 Å². The Morgan fingerprint density at radius 2 is 1.82 bits per heavy atom. The van der Waals surface area contributed by atoms with E-state index >= 15 is 0 Å². The molecule has 7 nitrogen and oxygen atoms in total. The minimum absolute atomic E-state index is 0.0868. The third-order valence-electron chi connectivity index (χ3n) is 7.40. The Hall–Kier alpha value is -1.89. The van der Waals surface area contributed by atoms with Gasteiger partial charge in [-0.2, -0.15) is 0 Å². The summed E-state index contributed by atoms with van der Waals surface area (Å²) in [5.74, 6) is -1.67. The molecule has 5 rings (SSSR count). The number of rotatable bonds is 4. The molecule has 28 heavy (non-hydrogen) atoms. The second kappa shape index (κ2) is 6.05. The summed E-state index contributed by atoms with van der Waals surface area (Å²) in [5, 5.41) is 5.90. The molecule has 2 bridgehead atoms. The normalized spacial score (nSPS) is 42.0. The molecule has 0 aromatic heterocycles. The van der Waals surface area contributed by atoms with Gasteiger partial charge in [-0.1, -0.05) is 31.4 Å². The summed E-state index contributed by atoms with van der Waals surface area (Å²) < 4.78 is 6.41. The molecule has 3 amide bonds. The van der Waals surface area contributed by atoms with Crippen LogP contribution in [0.2, 0.25) is 0 Å².